The molecular weight excluding hydrogens is 290 g/mol. The molecule has 1 aromatic heterocycles. The second-order valence-corrected chi connectivity index (χ2v) is 6.11. The largest absolute Gasteiger partial charge is 0.497 e. The van der Waals surface area contributed by atoms with Crippen molar-refractivity contribution >= 4 is 5.95 Å². The first-order valence-electron chi connectivity index (χ1n) is 8.14. The molecule has 3 rings (SSSR count). The van der Waals surface area contributed by atoms with Gasteiger partial charge < -0.3 is 15.0 Å². The van der Waals surface area contributed by atoms with Gasteiger partial charge in [0.15, 0.2) is 5.82 Å². The SMILES string of the molecule is CNc1nc(Cc2ccc(OC)cc2)nn1C1CCN(C)CC1. The van der Waals surface area contributed by atoms with Crippen LogP contribution < -0.4 is 10.1 Å². The van der Waals surface area contributed by atoms with Gasteiger partial charge in [0, 0.05) is 13.5 Å². The number of piperidine rings is 1. The molecule has 0 radical (unpaired) electrons. The fourth-order valence-electron chi connectivity index (χ4n) is 3.03. The molecule has 6 heteroatoms. The van der Waals surface area contributed by atoms with E-state index in [1.165, 1.54) is 5.56 Å². The lowest BCUT2D eigenvalue weighted by molar-refractivity contribution is 0.213. The van der Waals surface area contributed by atoms with Gasteiger partial charge in [0.05, 0.1) is 13.2 Å². The van der Waals surface area contributed by atoms with E-state index in [0.29, 0.717) is 6.04 Å². The van der Waals surface area contributed by atoms with Crippen molar-refractivity contribution in [2.75, 3.05) is 39.6 Å². The van der Waals surface area contributed by atoms with Crippen LogP contribution >= 0.6 is 0 Å². The maximum atomic E-state index is 5.20. The molecule has 2 heterocycles. The fraction of sp³-hybridized carbons (Fsp3) is 0.529. The number of ether oxygens (including phenoxy) is 1. The number of benzene rings is 1. The summed E-state index contributed by atoms with van der Waals surface area (Å²) in [5, 5.41) is 7.95. The zero-order valence-corrected chi connectivity index (χ0v) is 14.1. The van der Waals surface area contributed by atoms with Gasteiger partial charge in [0.25, 0.3) is 0 Å². The molecule has 1 aliphatic heterocycles. The fourth-order valence-corrected chi connectivity index (χ4v) is 3.03. The molecule has 0 spiro atoms. The highest BCUT2D eigenvalue weighted by Crippen LogP contribution is 2.24. The van der Waals surface area contributed by atoms with Gasteiger partial charge in [-0.3, -0.25) is 0 Å². The van der Waals surface area contributed by atoms with Crippen LogP contribution in [0, 0.1) is 0 Å². The molecule has 1 saturated heterocycles. The van der Waals surface area contributed by atoms with E-state index in [0.717, 1.165) is 49.9 Å². The van der Waals surface area contributed by atoms with Crippen LogP contribution in [0.25, 0.3) is 0 Å². The summed E-state index contributed by atoms with van der Waals surface area (Å²) in [4.78, 5) is 7.02. The van der Waals surface area contributed by atoms with E-state index in [9.17, 15) is 0 Å². The molecule has 1 N–H and O–H groups in total. The Balaban J connectivity index is 1.75. The maximum absolute atomic E-state index is 5.20. The predicted molar refractivity (Wildman–Crippen MR) is 91.1 cm³/mol. The molecule has 23 heavy (non-hydrogen) atoms. The average molecular weight is 315 g/mol. The number of aromatic nitrogens is 3. The molecule has 0 unspecified atom stereocenters. The Morgan fingerprint density at radius 2 is 1.91 bits per heavy atom. The van der Waals surface area contributed by atoms with Gasteiger partial charge in [-0.25, -0.2) is 4.68 Å². The lowest BCUT2D eigenvalue weighted by Crippen LogP contribution is -2.32. The van der Waals surface area contributed by atoms with Crippen LogP contribution in [0.3, 0.4) is 0 Å². The number of hydrogen-bond acceptors (Lipinski definition) is 5. The first kappa shape index (κ1) is 15.8. The maximum Gasteiger partial charge on any atom is 0.221 e. The van der Waals surface area contributed by atoms with Crippen molar-refractivity contribution in [3.63, 3.8) is 0 Å². The summed E-state index contributed by atoms with van der Waals surface area (Å²) >= 11 is 0. The molecule has 0 saturated carbocycles. The van der Waals surface area contributed by atoms with Crippen LogP contribution in [0.5, 0.6) is 5.75 Å². The Morgan fingerprint density at radius 1 is 1.22 bits per heavy atom. The van der Waals surface area contributed by atoms with Crippen molar-refractivity contribution in [1.29, 1.82) is 0 Å². The van der Waals surface area contributed by atoms with Gasteiger partial charge in [-0.05, 0) is 50.7 Å². The summed E-state index contributed by atoms with van der Waals surface area (Å²) in [5.41, 5.74) is 1.19. The van der Waals surface area contributed by atoms with Gasteiger partial charge >= 0.3 is 0 Å². The monoisotopic (exact) mass is 315 g/mol. The van der Waals surface area contributed by atoms with Gasteiger partial charge in [-0.2, -0.15) is 10.1 Å². The van der Waals surface area contributed by atoms with Crippen molar-refractivity contribution in [1.82, 2.24) is 19.7 Å². The van der Waals surface area contributed by atoms with E-state index in [4.69, 9.17) is 9.84 Å². The minimum absolute atomic E-state index is 0.436. The van der Waals surface area contributed by atoms with Gasteiger partial charge in [0.1, 0.15) is 5.75 Å². The lowest BCUT2D eigenvalue weighted by Gasteiger charge is -2.29. The standard InChI is InChI=1S/C17H25N5O/c1-18-17-19-16(12-13-4-6-15(23-3)7-5-13)20-22(17)14-8-10-21(2)11-9-14/h4-7,14H,8-12H2,1-3H3,(H,18,19,20). The second kappa shape index (κ2) is 7.00. The van der Waals surface area contributed by atoms with Crippen LogP contribution in [0.15, 0.2) is 24.3 Å². The Kier molecular flexibility index (Phi) is 4.81. The van der Waals surface area contributed by atoms with Crippen LogP contribution in [0.2, 0.25) is 0 Å². The number of rotatable bonds is 5. The quantitative estimate of drug-likeness (QED) is 0.916. The number of anilines is 1. The van der Waals surface area contributed by atoms with Crippen LogP contribution in [-0.4, -0.2) is 54.0 Å². The third-order valence-corrected chi connectivity index (χ3v) is 4.45. The summed E-state index contributed by atoms with van der Waals surface area (Å²) in [6, 6.07) is 8.51. The minimum Gasteiger partial charge on any atom is -0.497 e. The molecule has 6 nitrogen and oxygen atoms in total. The lowest BCUT2D eigenvalue weighted by atomic mass is 10.1. The highest BCUT2D eigenvalue weighted by molar-refractivity contribution is 5.30. The molecule has 124 valence electrons. The zero-order valence-electron chi connectivity index (χ0n) is 14.1. The van der Waals surface area contributed by atoms with Crippen molar-refractivity contribution < 1.29 is 4.74 Å². The summed E-state index contributed by atoms with van der Waals surface area (Å²) in [7, 11) is 5.76. The summed E-state index contributed by atoms with van der Waals surface area (Å²) in [6.07, 6.45) is 2.98. The predicted octanol–water partition coefficient (Wildman–Crippen LogP) is 2.19. The molecule has 0 bridgehead atoms. The molecule has 1 fully saturated rings. The first-order valence-corrected chi connectivity index (χ1v) is 8.14. The Bertz CT molecular complexity index is 629. The third-order valence-electron chi connectivity index (χ3n) is 4.45. The van der Waals surface area contributed by atoms with Gasteiger partial charge in [-0.1, -0.05) is 12.1 Å². The topological polar surface area (TPSA) is 55.2 Å². The van der Waals surface area contributed by atoms with E-state index < -0.39 is 0 Å². The van der Waals surface area contributed by atoms with E-state index in [2.05, 4.69) is 39.1 Å². The Labute approximate surface area is 137 Å². The van der Waals surface area contributed by atoms with Crippen LogP contribution in [0.1, 0.15) is 30.3 Å². The molecule has 0 amide bonds. The van der Waals surface area contributed by atoms with E-state index in [-0.39, 0.29) is 0 Å². The van der Waals surface area contributed by atoms with Gasteiger partial charge in [0.2, 0.25) is 5.95 Å². The molecular formula is C17H25N5O. The normalized spacial score (nSPS) is 16.5. The summed E-state index contributed by atoms with van der Waals surface area (Å²) in [6.45, 7) is 2.23. The minimum atomic E-state index is 0.436. The highest BCUT2D eigenvalue weighted by Gasteiger charge is 2.22. The molecule has 1 aromatic carbocycles. The molecule has 0 atom stereocenters. The van der Waals surface area contributed by atoms with E-state index in [1.54, 1.807) is 7.11 Å². The summed E-state index contributed by atoms with van der Waals surface area (Å²) in [5.74, 6) is 2.59. The van der Waals surface area contributed by atoms with E-state index >= 15 is 0 Å². The smallest absolute Gasteiger partial charge is 0.221 e. The Morgan fingerprint density at radius 3 is 2.52 bits per heavy atom. The highest BCUT2D eigenvalue weighted by atomic mass is 16.5. The third kappa shape index (κ3) is 3.64. The second-order valence-electron chi connectivity index (χ2n) is 6.11. The molecule has 1 aliphatic rings. The zero-order chi connectivity index (χ0) is 16.2. The van der Waals surface area contributed by atoms with Crippen molar-refractivity contribution in [3.05, 3.63) is 35.7 Å². The van der Waals surface area contributed by atoms with Crippen molar-refractivity contribution in [2.24, 2.45) is 0 Å². The number of nitrogens with zero attached hydrogens (tertiary/aromatic N) is 4. The first-order chi connectivity index (χ1) is 11.2. The van der Waals surface area contributed by atoms with E-state index in [1.807, 2.05) is 19.2 Å². The van der Waals surface area contributed by atoms with Crippen LogP contribution in [-0.2, 0) is 6.42 Å². The van der Waals surface area contributed by atoms with Crippen LogP contribution in [0.4, 0.5) is 5.95 Å². The van der Waals surface area contributed by atoms with Crippen molar-refractivity contribution in [3.8, 4) is 5.75 Å². The Hall–Kier alpha value is -2.08. The molecule has 0 aliphatic carbocycles. The number of likely N-dealkylation sites (tertiary alicyclic amines) is 1. The van der Waals surface area contributed by atoms with Crippen molar-refractivity contribution in [2.45, 2.75) is 25.3 Å². The van der Waals surface area contributed by atoms with Gasteiger partial charge in [-0.15, -0.1) is 0 Å². The number of hydrogen-bond donors (Lipinski definition) is 1. The number of nitrogens with one attached hydrogen (secondary N) is 1. The number of methoxy groups -OCH3 is 1. The summed E-state index contributed by atoms with van der Waals surface area (Å²) < 4.78 is 7.27. The molecule has 2 aromatic rings. The average Bonchev–Trinajstić information content (AvgIpc) is 2.99.